The zero-order valence-electron chi connectivity index (χ0n) is 15.3. The van der Waals surface area contributed by atoms with Crippen molar-refractivity contribution in [1.82, 2.24) is 0 Å². The van der Waals surface area contributed by atoms with Gasteiger partial charge in [0.25, 0.3) is 0 Å². The lowest BCUT2D eigenvalue weighted by Crippen LogP contribution is -2.05. The smallest absolute Gasteiger partial charge is 0.337 e. The molecule has 28 heavy (non-hydrogen) atoms. The molecule has 0 aliphatic rings. The maximum Gasteiger partial charge on any atom is 0.337 e. The van der Waals surface area contributed by atoms with Crippen LogP contribution in [0.15, 0.2) is 102 Å². The minimum absolute atomic E-state index is 0.341. The monoisotopic (exact) mass is 373 g/mol. The number of methoxy groups -OCH3 is 1. The van der Waals surface area contributed by atoms with E-state index in [1.807, 2.05) is 60.7 Å². The topological polar surface area (TPSA) is 57.1 Å². The zero-order valence-corrected chi connectivity index (χ0v) is 15.3. The highest BCUT2D eigenvalue weighted by molar-refractivity contribution is 5.92. The minimum atomic E-state index is -0.396. The highest BCUT2D eigenvalue weighted by atomic mass is 16.5. The molecule has 3 rings (SSSR count). The number of rotatable bonds is 6. The maximum atomic E-state index is 11.6. The number of hydrogen-bond acceptors (Lipinski definition) is 5. The van der Waals surface area contributed by atoms with Crippen molar-refractivity contribution in [3.63, 3.8) is 0 Å². The third kappa shape index (κ3) is 5.57. The van der Waals surface area contributed by atoms with E-state index in [9.17, 15) is 4.79 Å². The molecule has 3 aromatic rings. The normalized spacial score (nSPS) is 11.2. The van der Waals surface area contributed by atoms with Gasteiger partial charge in [-0.05, 0) is 48.5 Å². The first-order chi connectivity index (χ1) is 13.7. The Morgan fingerprint density at radius 1 is 0.821 bits per heavy atom. The van der Waals surface area contributed by atoms with Crippen LogP contribution in [-0.2, 0) is 4.74 Å². The maximum absolute atomic E-state index is 11.6. The van der Waals surface area contributed by atoms with E-state index in [-0.39, 0.29) is 0 Å². The first-order valence-corrected chi connectivity index (χ1v) is 8.63. The lowest BCUT2D eigenvalue weighted by Gasteiger charge is -2.06. The van der Waals surface area contributed by atoms with E-state index in [2.05, 4.69) is 4.99 Å². The molecule has 3 aromatic carbocycles. The molecule has 0 radical (unpaired) electrons. The van der Waals surface area contributed by atoms with Crippen LogP contribution in [0.3, 0.4) is 0 Å². The number of carbonyl (C=O) groups is 1. The highest BCUT2D eigenvalue weighted by Crippen LogP contribution is 2.17. The van der Waals surface area contributed by atoms with Crippen LogP contribution in [0, 0.1) is 0 Å². The average Bonchev–Trinajstić information content (AvgIpc) is 2.75. The quantitative estimate of drug-likeness (QED) is 0.259. The first kappa shape index (κ1) is 18.9. The molecule has 5 nitrogen and oxygen atoms in total. The van der Waals surface area contributed by atoms with Gasteiger partial charge in [-0.3, -0.25) is 0 Å². The number of nitrogens with zero attached hydrogens (tertiary/aromatic N) is 1. The van der Waals surface area contributed by atoms with Gasteiger partial charge in [0.15, 0.2) is 0 Å². The predicted molar refractivity (Wildman–Crippen MR) is 108 cm³/mol. The van der Waals surface area contributed by atoms with Crippen molar-refractivity contribution in [1.29, 1.82) is 0 Å². The number of ether oxygens (including phenoxy) is 3. The summed E-state index contributed by atoms with van der Waals surface area (Å²) >= 11 is 0. The first-order valence-electron chi connectivity index (χ1n) is 8.63. The van der Waals surface area contributed by atoms with Gasteiger partial charge in [0.05, 0.1) is 24.6 Å². The molecule has 0 unspecified atom stereocenters. The summed E-state index contributed by atoms with van der Waals surface area (Å²) in [6, 6.07) is 25.5. The average molecular weight is 373 g/mol. The fourth-order valence-electron chi connectivity index (χ4n) is 2.29. The van der Waals surface area contributed by atoms with Crippen LogP contribution in [0.25, 0.3) is 0 Å². The summed E-state index contributed by atoms with van der Waals surface area (Å²) in [6.45, 7) is 0. The van der Waals surface area contributed by atoms with E-state index in [1.54, 1.807) is 30.3 Å². The van der Waals surface area contributed by atoms with Crippen molar-refractivity contribution in [2.24, 2.45) is 4.99 Å². The number of esters is 1. The third-order valence-electron chi connectivity index (χ3n) is 3.65. The van der Waals surface area contributed by atoms with Crippen LogP contribution in [0.2, 0.25) is 0 Å². The Balaban J connectivity index is 1.80. The number of aliphatic imine (C=N–C) groups is 1. The summed E-state index contributed by atoms with van der Waals surface area (Å²) in [6.07, 6.45) is 3.15. The molecule has 0 aliphatic carbocycles. The second kappa shape index (κ2) is 9.73. The van der Waals surface area contributed by atoms with Gasteiger partial charge in [0, 0.05) is 6.08 Å². The Morgan fingerprint density at radius 2 is 1.43 bits per heavy atom. The Hall–Kier alpha value is -3.86. The minimum Gasteiger partial charge on any atom is -0.465 e. The van der Waals surface area contributed by atoms with Crippen LogP contribution < -0.4 is 9.47 Å². The van der Waals surface area contributed by atoms with Crippen LogP contribution in [0.1, 0.15) is 10.4 Å². The molecule has 5 heteroatoms. The molecule has 0 spiro atoms. The van der Waals surface area contributed by atoms with Gasteiger partial charge in [-0.25, -0.2) is 9.79 Å². The number of benzene rings is 3. The molecule has 0 aromatic heterocycles. The number of para-hydroxylation sites is 2. The van der Waals surface area contributed by atoms with E-state index in [1.165, 1.54) is 13.4 Å². The lowest BCUT2D eigenvalue weighted by atomic mass is 10.2. The molecule has 0 saturated heterocycles. The lowest BCUT2D eigenvalue weighted by molar-refractivity contribution is 0.0601. The second-order valence-corrected chi connectivity index (χ2v) is 5.64. The Kier molecular flexibility index (Phi) is 6.57. The fourth-order valence-corrected chi connectivity index (χ4v) is 2.29. The summed E-state index contributed by atoms with van der Waals surface area (Å²) < 4.78 is 16.1. The summed E-state index contributed by atoms with van der Waals surface area (Å²) in [4.78, 5) is 16.0. The summed E-state index contributed by atoms with van der Waals surface area (Å²) in [5.41, 5.74) is 1.08. The van der Waals surface area contributed by atoms with Crippen molar-refractivity contribution in [3.05, 3.63) is 103 Å². The van der Waals surface area contributed by atoms with E-state index in [0.717, 1.165) is 0 Å². The number of carbonyl (C=O) groups excluding carboxylic acids is 1. The summed E-state index contributed by atoms with van der Waals surface area (Å²) in [5.74, 6) is 1.30. The van der Waals surface area contributed by atoms with Crippen LogP contribution in [0.5, 0.6) is 11.5 Å². The third-order valence-corrected chi connectivity index (χ3v) is 3.65. The molecule has 0 amide bonds. The Morgan fingerprint density at radius 3 is 2.04 bits per heavy atom. The molecule has 0 saturated carbocycles. The SMILES string of the molecule is COC(=O)c1ccc(/N=C(/C=C/Oc2ccccc2)Oc2ccccc2)cc1. The molecule has 0 fully saturated rings. The van der Waals surface area contributed by atoms with Gasteiger partial charge >= 0.3 is 5.97 Å². The molecular weight excluding hydrogens is 354 g/mol. The molecule has 0 aliphatic heterocycles. The highest BCUT2D eigenvalue weighted by Gasteiger charge is 2.05. The van der Waals surface area contributed by atoms with Gasteiger partial charge in [-0.15, -0.1) is 0 Å². The standard InChI is InChI=1S/C23H19NO4/c1-26-23(25)18-12-14-19(15-13-18)24-22(28-21-10-6-3-7-11-21)16-17-27-20-8-4-2-5-9-20/h2-17H,1H3/b17-16+,24-22-. The second-order valence-electron chi connectivity index (χ2n) is 5.64. The van der Waals surface area contributed by atoms with Crippen molar-refractivity contribution in [3.8, 4) is 11.5 Å². The molecule has 140 valence electrons. The molecule has 0 heterocycles. The molecule has 0 bridgehead atoms. The Labute approximate surface area is 163 Å². The number of hydrogen-bond donors (Lipinski definition) is 0. The van der Waals surface area contributed by atoms with Gasteiger partial charge < -0.3 is 14.2 Å². The Bertz CT molecular complexity index is 949. The fraction of sp³-hybridized carbons (Fsp3) is 0.0435. The van der Waals surface area contributed by atoms with Crippen molar-refractivity contribution in [2.45, 2.75) is 0 Å². The van der Waals surface area contributed by atoms with Gasteiger partial charge in [-0.2, -0.15) is 0 Å². The van der Waals surface area contributed by atoms with E-state index in [4.69, 9.17) is 14.2 Å². The van der Waals surface area contributed by atoms with Gasteiger partial charge in [-0.1, -0.05) is 36.4 Å². The van der Waals surface area contributed by atoms with Crippen LogP contribution >= 0.6 is 0 Å². The molecular formula is C23H19NO4. The van der Waals surface area contributed by atoms with Crippen molar-refractivity contribution in [2.75, 3.05) is 7.11 Å². The molecule has 0 atom stereocenters. The van der Waals surface area contributed by atoms with Gasteiger partial charge in [0.2, 0.25) is 5.90 Å². The van der Waals surface area contributed by atoms with E-state index >= 15 is 0 Å². The van der Waals surface area contributed by atoms with Crippen molar-refractivity contribution < 1.29 is 19.0 Å². The van der Waals surface area contributed by atoms with Crippen LogP contribution in [-0.4, -0.2) is 19.0 Å². The summed E-state index contributed by atoms with van der Waals surface area (Å²) in [7, 11) is 1.34. The van der Waals surface area contributed by atoms with Crippen molar-refractivity contribution >= 4 is 17.6 Å². The van der Waals surface area contributed by atoms with Crippen LogP contribution in [0.4, 0.5) is 5.69 Å². The van der Waals surface area contributed by atoms with E-state index < -0.39 is 5.97 Å². The predicted octanol–water partition coefficient (Wildman–Crippen LogP) is 5.17. The van der Waals surface area contributed by atoms with E-state index in [0.29, 0.717) is 28.6 Å². The van der Waals surface area contributed by atoms with Gasteiger partial charge in [0.1, 0.15) is 11.5 Å². The summed E-state index contributed by atoms with van der Waals surface area (Å²) in [5, 5.41) is 0. The largest absolute Gasteiger partial charge is 0.465 e. The molecule has 0 N–H and O–H groups in total. The zero-order chi connectivity index (χ0) is 19.6.